The third-order valence-electron chi connectivity index (χ3n) is 4.13. The summed E-state index contributed by atoms with van der Waals surface area (Å²) in [5.74, 6) is 1.02. The minimum absolute atomic E-state index is 0.0643. The number of nitrogens with one attached hydrogen (secondary N) is 1. The normalized spacial score (nSPS) is 17.7. The van der Waals surface area contributed by atoms with E-state index in [0.717, 1.165) is 17.8 Å². The van der Waals surface area contributed by atoms with Crippen molar-refractivity contribution in [3.05, 3.63) is 47.2 Å². The van der Waals surface area contributed by atoms with Crippen molar-refractivity contribution in [1.29, 1.82) is 0 Å². The minimum atomic E-state index is 0.0643. The van der Waals surface area contributed by atoms with Crippen molar-refractivity contribution in [2.24, 2.45) is 0 Å². The Bertz CT molecular complexity index is 655. The molecule has 110 valence electrons. The second-order valence-corrected chi connectivity index (χ2v) is 5.89. The summed E-state index contributed by atoms with van der Waals surface area (Å²) in [6.07, 6.45) is 3.41. The lowest BCUT2D eigenvalue weighted by atomic mass is 9.87. The molecule has 1 aliphatic heterocycles. The first kappa shape index (κ1) is 13.9. The van der Waals surface area contributed by atoms with Crippen LogP contribution in [0.1, 0.15) is 55.8 Å². The lowest BCUT2D eigenvalue weighted by Gasteiger charge is -2.24. The van der Waals surface area contributed by atoms with Crippen molar-refractivity contribution in [2.75, 3.05) is 5.32 Å². The Morgan fingerprint density at radius 3 is 2.67 bits per heavy atom. The predicted molar refractivity (Wildman–Crippen MR) is 83.5 cm³/mol. The lowest BCUT2D eigenvalue weighted by molar-refractivity contribution is -0.116. The van der Waals surface area contributed by atoms with Crippen LogP contribution in [-0.4, -0.2) is 15.7 Å². The van der Waals surface area contributed by atoms with Gasteiger partial charge in [0, 0.05) is 23.9 Å². The number of carbonyl (C=O) groups excluding carboxylic acids is 1. The minimum Gasteiger partial charge on any atom is -0.311 e. The summed E-state index contributed by atoms with van der Waals surface area (Å²) in [4.78, 5) is 12.1. The Labute approximate surface area is 125 Å². The number of hydrogen-bond acceptors (Lipinski definition) is 2. The van der Waals surface area contributed by atoms with Gasteiger partial charge in [0.2, 0.25) is 5.91 Å². The first-order valence-electron chi connectivity index (χ1n) is 7.56. The molecule has 0 saturated carbocycles. The number of amides is 1. The van der Waals surface area contributed by atoms with Crippen LogP contribution in [0.2, 0.25) is 0 Å². The monoisotopic (exact) mass is 283 g/mol. The zero-order valence-corrected chi connectivity index (χ0v) is 12.8. The van der Waals surface area contributed by atoms with Crippen LogP contribution < -0.4 is 5.32 Å². The molecule has 0 aliphatic carbocycles. The number of anilines is 1. The molecule has 1 N–H and O–H groups in total. The van der Waals surface area contributed by atoms with Gasteiger partial charge in [0.15, 0.2) is 0 Å². The van der Waals surface area contributed by atoms with E-state index in [-0.39, 0.29) is 17.9 Å². The molecular formula is C17H21N3O. The highest BCUT2D eigenvalue weighted by Gasteiger charge is 2.30. The van der Waals surface area contributed by atoms with Crippen LogP contribution in [0, 0.1) is 0 Å². The summed E-state index contributed by atoms with van der Waals surface area (Å²) in [5, 5.41) is 7.42. The van der Waals surface area contributed by atoms with Crippen molar-refractivity contribution >= 4 is 11.7 Å². The highest BCUT2D eigenvalue weighted by Crippen LogP contribution is 2.37. The van der Waals surface area contributed by atoms with E-state index in [0.29, 0.717) is 6.42 Å². The number of aromatic nitrogens is 2. The van der Waals surface area contributed by atoms with Gasteiger partial charge in [-0.3, -0.25) is 4.79 Å². The van der Waals surface area contributed by atoms with Crippen molar-refractivity contribution < 1.29 is 4.79 Å². The molecular weight excluding hydrogens is 262 g/mol. The van der Waals surface area contributed by atoms with Crippen LogP contribution in [0.3, 0.4) is 0 Å². The molecule has 0 bridgehead atoms. The molecule has 0 radical (unpaired) electrons. The van der Waals surface area contributed by atoms with E-state index < -0.39 is 0 Å². The van der Waals surface area contributed by atoms with Gasteiger partial charge >= 0.3 is 0 Å². The van der Waals surface area contributed by atoms with Crippen molar-refractivity contribution in [1.82, 2.24) is 9.78 Å². The molecule has 0 saturated heterocycles. The molecule has 0 fully saturated rings. The number of benzene rings is 1. The summed E-state index contributed by atoms with van der Waals surface area (Å²) in [6, 6.07) is 8.80. The molecule has 3 rings (SSSR count). The Balaban J connectivity index is 2.02. The van der Waals surface area contributed by atoms with Crippen LogP contribution in [0.15, 0.2) is 30.5 Å². The third kappa shape index (κ3) is 2.46. The maximum absolute atomic E-state index is 12.1. The van der Waals surface area contributed by atoms with Gasteiger partial charge in [-0.15, -0.1) is 0 Å². The zero-order chi connectivity index (χ0) is 15.0. The quantitative estimate of drug-likeness (QED) is 0.937. The largest absolute Gasteiger partial charge is 0.311 e. The Kier molecular flexibility index (Phi) is 3.53. The van der Waals surface area contributed by atoms with Gasteiger partial charge in [-0.25, -0.2) is 4.68 Å². The molecule has 0 unspecified atom stereocenters. The molecule has 21 heavy (non-hydrogen) atoms. The van der Waals surface area contributed by atoms with Crippen LogP contribution in [0.5, 0.6) is 0 Å². The van der Waals surface area contributed by atoms with E-state index in [1.165, 1.54) is 11.1 Å². The maximum Gasteiger partial charge on any atom is 0.226 e. The smallest absolute Gasteiger partial charge is 0.226 e. The van der Waals surface area contributed by atoms with E-state index in [4.69, 9.17) is 0 Å². The first-order chi connectivity index (χ1) is 10.1. The highest BCUT2D eigenvalue weighted by molar-refractivity contribution is 5.94. The van der Waals surface area contributed by atoms with Crippen LogP contribution in [0.4, 0.5) is 5.82 Å². The van der Waals surface area contributed by atoms with Gasteiger partial charge in [-0.2, -0.15) is 5.10 Å². The predicted octanol–water partition coefficient (Wildman–Crippen LogP) is 3.50. The summed E-state index contributed by atoms with van der Waals surface area (Å²) < 4.78 is 1.89. The van der Waals surface area contributed by atoms with E-state index >= 15 is 0 Å². The topological polar surface area (TPSA) is 46.9 Å². The number of rotatable bonds is 3. The lowest BCUT2D eigenvalue weighted by Crippen LogP contribution is -2.25. The SMILES string of the molecule is CCc1ccc([C@@H]2CC(=O)Nc3c2cnn3C(C)C)cc1. The Hall–Kier alpha value is -2.10. The molecule has 1 amide bonds. The number of hydrogen-bond donors (Lipinski definition) is 1. The van der Waals surface area contributed by atoms with Gasteiger partial charge in [0.1, 0.15) is 5.82 Å². The second kappa shape index (κ2) is 5.35. The molecule has 4 nitrogen and oxygen atoms in total. The van der Waals surface area contributed by atoms with Gasteiger partial charge in [0.05, 0.1) is 6.20 Å². The summed E-state index contributed by atoms with van der Waals surface area (Å²) in [5.41, 5.74) is 3.62. The summed E-state index contributed by atoms with van der Waals surface area (Å²) in [6.45, 7) is 6.28. The summed E-state index contributed by atoms with van der Waals surface area (Å²) in [7, 11) is 0. The molecule has 2 aromatic rings. The van der Waals surface area contributed by atoms with E-state index in [2.05, 4.69) is 55.5 Å². The first-order valence-corrected chi connectivity index (χ1v) is 7.56. The van der Waals surface area contributed by atoms with Crippen LogP contribution in [-0.2, 0) is 11.2 Å². The van der Waals surface area contributed by atoms with Crippen molar-refractivity contribution in [3.63, 3.8) is 0 Å². The molecule has 1 aromatic heterocycles. The molecule has 0 spiro atoms. The number of carbonyl (C=O) groups is 1. The van der Waals surface area contributed by atoms with E-state index in [9.17, 15) is 4.79 Å². The average molecular weight is 283 g/mol. The molecule has 1 atom stereocenters. The standard InChI is InChI=1S/C17H21N3O/c1-4-12-5-7-13(8-6-12)14-9-16(21)19-17-15(14)10-18-20(17)11(2)3/h5-8,10-11,14H,4,9H2,1-3H3,(H,19,21)/t14-/m0/s1. The van der Waals surface area contributed by atoms with Gasteiger partial charge in [-0.1, -0.05) is 31.2 Å². The fourth-order valence-corrected chi connectivity index (χ4v) is 2.91. The Morgan fingerprint density at radius 1 is 1.33 bits per heavy atom. The molecule has 1 aromatic carbocycles. The van der Waals surface area contributed by atoms with Crippen molar-refractivity contribution in [3.8, 4) is 0 Å². The van der Waals surface area contributed by atoms with Crippen molar-refractivity contribution in [2.45, 2.75) is 45.6 Å². The van der Waals surface area contributed by atoms with Crippen LogP contribution >= 0.6 is 0 Å². The fraction of sp³-hybridized carbons (Fsp3) is 0.412. The molecule has 2 heterocycles. The summed E-state index contributed by atoms with van der Waals surface area (Å²) >= 11 is 0. The fourth-order valence-electron chi connectivity index (χ4n) is 2.91. The highest BCUT2D eigenvalue weighted by atomic mass is 16.1. The number of aryl methyl sites for hydroxylation is 1. The average Bonchev–Trinajstić information content (AvgIpc) is 2.90. The number of nitrogens with zero attached hydrogens (tertiary/aromatic N) is 2. The van der Waals surface area contributed by atoms with E-state index in [1.807, 2.05) is 10.9 Å². The van der Waals surface area contributed by atoms with Gasteiger partial charge in [-0.05, 0) is 31.4 Å². The van der Waals surface area contributed by atoms with Gasteiger partial charge in [0.25, 0.3) is 0 Å². The van der Waals surface area contributed by atoms with E-state index in [1.54, 1.807) is 0 Å². The number of fused-ring (bicyclic) bond motifs is 1. The zero-order valence-electron chi connectivity index (χ0n) is 12.8. The maximum atomic E-state index is 12.1. The third-order valence-corrected chi connectivity index (χ3v) is 4.13. The second-order valence-electron chi connectivity index (χ2n) is 5.89. The van der Waals surface area contributed by atoms with Crippen LogP contribution in [0.25, 0.3) is 0 Å². The van der Waals surface area contributed by atoms with Gasteiger partial charge < -0.3 is 5.32 Å². The molecule has 1 aliphatic rings. The molecule has 4 heteroatoms. The Morgan fingerprint density at radius 2 is 2.05 bits per heavy atom.